The van der Waals surface area contributed by atoms with Gasteiger partial charge in [0.2, 0.25) is 0 Å². The average molecular weight is 346 g/mol. The summed E-state index contributed by atoms with van der Waals surface area (Å²) in [6.45, 7) is 2.97. The van der Waals surface area contributed by atoms with E-state index >= 15 is 0 Å². The van der Waals surface area contributed by atoms with Gasteiger partial charge in [-0.3, -0.25) is 4.79 Å². The van der Waals surface area contributed by atoms with Crippen LogP contribution in [0.4, 0.5) is 0 Å². The Bertz CT molecular complexity index is 616. The van der Waals surface area contributed by atoms with Crippen LogP contribution >= 0.6 is 0 Å². The lowest BCUT2D eigenvalue weighted by molar-refractivity contribution is -0.153. The van der Waals surface area contributed by atoms with Crippen LogP contribution in [0.15, 0.2) is 42.5 Å². The zero-order valence-corrected chi connectivity index (χ0v) is 14.1. The summed E-state index contributed by atoms with van der Waals surface area (Å²) < 4.78 is 15.1. The van der Waals surface area contributed by atoms with Crippen molar-refractivity contribution in [1.29, 1.82) is 0 Å². The molecule has 134 valence electrons. The SMILES string of the molecule is C=C(CC(=O)OC1CCCCC1)C(=O)OCC(=O)Oc1ccccc1. The molecule has 0 unspecified atom stereocenters. The molecule has 0 saturated heterocycles. The zero-order valence-electron chi connectivity index (χ0n) is 14.1. The summed E-state index contributed by atoms with van der Waals surface area (Å²) in [5, 5.41) is 0. The molecule has 0 aromatic heterocycles. The first-order valence-corrected chi connectivity index (χ1v) is 8.34. The summed E-state index contributed by atoms with van der Waals surface area (Å²) in [5.41, 5.74) is -0.0479. The van der Waals surface area contributed by atoms with Gasteiger partial charge in [0.25, 0.3) is 0 Å². The molecule has 0 N–H and O–H groups in total. The van der Waals surface area contributed by atoms with Crippen molar-refractivity contribution in [2.45, 2.75) is 44.6 Å². The van der Waals surface area contributed by atoms with Crippen LogP contribution in [0.1, 0.15) is 38.5 Å². The summed E-state index contributed by atoms with van der Waals surface area (Å²) in [6.07, 6.45) is 4.64. The van der Waals surface area contributed by atoms with Crippen LogP contribution < -0.4 is 4.74 Å². The van der Waals surface area contributed by atoms with Gasteiger partial charge < -0.3 is 14.2 Å². The molecule has 1 fully saturated rings. The van der Waals surface area contributed by atoms with Crippen LogP contribution in [0.2, 0.25) is 0 Å². The van der Waals surface area contributed by atoms with Crippen molar-refractivity contribution in [3.05, 3.63) is 42.5 Å². The number of rotatable bonds is 7. The van der Waals surface area contributed by atoms with Gasteiger partial charge in [0.15, 0.2) is 6.61 Å². The van der Waals surface area contributed by atoms with Gasteiger partial charge in [0, 0.05) is 5.57 Å². The van der Waals surface area contributed by atoms with E-state index < -0.39 is 24.5 Å². The quantitative estimate of drug-likeness (QED) is 0.429. The fourth-order valence-corrected chi connectivity index (χ4v) is 2.53. The van der Waals surface area contributed by atoms with Crippen molar-refractivity contribution < 1.29 is 28.6 Å². The second-order valence-corrected chi connectivity index (χ2v) is 5.89. The van der Waals surface area contributed by atoms with E-state index in [0.29, 0.717) is 5.75 Å². The van der Waals surface area contributed by atoms with Gasteiger partial charge in [-0.1, -0.05) is 31.2 Å². The van der Waals surface area contributed by atoms with Crippen molar-refractivity contribution in [2.75, 3.05) is 6.61 Å². The third kappa shape index (κ3) is 6.79. The average Bonchev–Trinajstić information content (AvgIpc) is 2.61. The Balaban J connectivity index is 1.68. The van der Waals surface area contributed by atoms with Crippen molar-refractivity contribution in [3.63, 3.8) is 0 Å². The lowest BCUT2D eigenvalue weighted by Crippen LogP contribution is -2.23. The highest BCUT2D eigenvalue weighted by Crippen LogP contribution is 2.21. The number of carbonyl (C=O) groups excluding carboxylic acids is 3. The highest BCUT2D eigenvalue weighted by atomic mass is 16.6. The van der Waals surface area contributed by atoms with Crippen LogP contribution in [0.5, 0.6) is 5.75 Å². The third-order valence-electron chi connectivity index (χ3n) is 3.79. The van der Waals surface area contributed by atoms with Gasteiger partial charge in [-0.05, 0) is 37.8 Å². The van der Waals surface area contributed by atoms with E-state index in [9.17, 15) is 14.4 Å². The summed E-state index contributed by atoms with van der Waals surface area (Å²) in [5.74, 6) is -1.66. The van der Waals surface area contributed by atoms with E-state index in [1.54, 1.807) is 30.3 Å². The van der Waals surface area contributed by atoms with Gasteiger partial charge in [-0.25, -0.2) is 9.59 Å². The second-order valence-electron chi connectivity index (χ2n) is 5.89. The number of hydrogen-bond acceptors (Lipinski definition) is 6. The molecule has 2 rings (SSSR count). The number of esters is 3. The minimum Gasteiger partial charge on any atom is -0.462 e. The number of ether oxygens (including phenoxy) is 3. The van der Waals surface area contributed by atoms with E-state index in [1.807, 2.05) is 0 Å². The van der Waals surface area contributed by atoms with Gasteiger partial charge >= 0.3 is 17.9 Å². The Labute approximate surface area is 146 Å². The van der Waals surface area contributed by atoms with Crippen LogP contribution in [-0.2, 0) is 23.9 Å². The molecule has 0 bridgehead atoms. The molecule has 0 spiro atoms. The highest BCUT2D eigenvalue weighted by Gasteiger charge is 2.21. The molecule has 1 aromatic carbocycles. The molecule has 1 aliphatic carbocycles. The molecule has 0 heterocycles. The summed E-state index contributed by atoms with van der Waals surface area (Å²) in [7, 11) is 0. The molecular formula is C19H22O6. The fourth-order valence-electron chi connectivity index (χ4n) is 2.53. The first-order chi connectivity index (χ1) is 12.0. The van der Waals surface area contributed by atoms with E-state index in [4.69, 9.17) is 14.2 Å². The first kappa shape index (κ1) is 18.7. The zero-order chi connectivity index (χ0) is 18.1. The second kappa shape index (κ2) is 9.61. The Morgan fingerprint density at radius 3 is 2.36 bits per heavy atom. The molecule has 6 nitrogen and oxygen atoms in total. The Morgan fingerprint density at radius 2 is 1.68 bits per heavy atom. The van der Waals surface area contributed by atoms with Crippen LogP contribution in [0.25, 0.3) is 0 Å². The maximum absolute atomic E-state index is 11.8. The molecule has 1 saturated carbocycles. The van der Waals surface area contributed by atoms with E-state index in [1.165, 1.54) is 0 Å². The Hall–Kier alpha value is -2.63. The summed E-state index contributed by atoms with van der Waals surface area (Å²) in [6, 6.07) is 8.44. The minimum atomic E-state index is -0.814. The lowest BCUT2D eigenvalue weighted by atomic mass is 9.98. The van der Waals surface area contributed by atoms with E-state index in [0.717, 1.165) is 32.1 Å². The first-order valence-electron chi connectivity index (χ1n) is 8.34. The standard InChI is InChI=1S/C19H22O6/c1-14(12-17(20)24-15-8-4-2-5-9-15)19(22)23-13-18(21)25-16-10-6-3-7-11-16/h3,6-7,10-11,15H,1-2,4-5,8-9,12-13H2. The number of para-hydroxylation sites is 1. The molecule has 0 radical (unpaired) electrons. The molecule has 0 atom stereocenters. The van der Waals surface area contributed by atoms with E-state index in [2.05, 4.69) is 6.58 Å². The van der Waals surface area contributed by atoms with Gasteiger partial charge in [-0.2, -0.15) is 0 Å². The largest absolute Gasteiger partial charge is 0.462 e. The molecule has 1 aliphatic rings. The smallest absolute Gasteiger partial charge is 0.349 e. The Morgan fingerprint density at radius 1 is 1.00 bits per heavy atom. The number of benzene rings is 1. The van der Waals surface area contributed by atoms with Crippen molar-refractivity contribution in [2.24, 2.45) is 0 Å². The van der Waals surface area contributed by atoms with Crippen molar-refractivity contribution in [1.82, 2.24) is 0 Å². The molecule has 0 amide bonds. The van der Waals surface area contributed by atoms with Gasteiger partial charge in [-0.15, -0.1) is 0 Å². The molecule has 0 aliphatic heterocycles. The van der Waals surface area contributed by atoms with Crippen molar-refractivity contribution in [3.8, 4) is 5.75 Å². The topological polar surface area (TPSA) is 78.9 Å². The van der Waals surface area contributed by atoms with Crippen LogP contribution in [-0.4, -0.2) is 30.6 Å². The van der Waals surface area contributed by atoms with Crippen LogP contribution in [0, 0.1) is 0 Å². The Kier molecular flexibility index (Phi) is 7.19. The number of carbonyl (C=O) groups is 3. The highest BCUT2D eigenvalue weighted by molar-refractivity contribution is 5.94. The predicted octanol–water partition coefficient (Wildman–Crippen LogP) is 2.96. The maximum atomic E-state index is 11.8. The molecule has 25 heavy (non-hydrogen) atoms. The van der Waals surface area contributed by atoms with Gasteiger partial charge in [0.05, 0.1) is 6.42 Å². The summed E-state index contributed by atoms with van der Waals surface area (Å²) in [4.78, 5) is 35.2. The predicted molar refractivity (Wildman–Crippen MR) is 89.8 cm³/mol. The molecule has 1 aromatic rings. The third-order valence-corrected chi connectivity index (χ3v) is 3.79. The normalized spacial score (nSPS) is 14.4. The fraction of sp³-hybridized carbons (Fsp3) is 0.421. The maximum Gasteiger partial charge on any atom is 0.349 e. The van der Waals surface area contributed by atoms with Crippen LogP contribution in [0.3, 0.4) is 0 Å². The lowest BCUT2D eigenvalue weighted by Gasteiger charge is -2.21. The number of hydrogen-bond donors (Lipinski definition) is 0. The van der Waals surface area contributed by atoms with E-state index in [-0.39, 0.29) is 18.1 Å². The minimum absolute atomic E-state index is 0.0479. The molecule has 6 heteroatoms. The monoisotopic (exact) mass is 346 g/mol. The van der Waals surface area contributed by atoms with Gasteiger partial charge in [0.1, 0.15) is 11.9 Å². The van der Waals surface area contributed by atoms with Crippen molar-refractivity contribution >= 4 is 17.9 Å². The summed E-state index contributed by atoms with van der Waals surface area (Å²) >= 11 is 0. The molecular weight excluding hydrogens is 324 g/mol.